The summed E-state index contributed by atoms with van der Waals surface area (Å²) >= 11 is 0. The first-order valence-corrected chi connectivity index (χ1v) is 8.72. The van der Waals surface area contributed by atoms with Gasteiger partial charge < -0.3 is 14.4 Å². The van der Waals surface area contributed by atoms with Crippen LogP contribution < -0.4 is 0 Å². The van der Waals surface area contributed by atoms with Crippen LogP contribution in [0.15, 0.2) is 34.9 Å². The highest BCUT2D eigenvalue weighted by atomic mass is 16.5. The second kappa shape index (κ2) is 9.05. The number of aliphatic hydroxyl groups excluding tert-OH is 1. The molecule has 0 spiro atoms. The van der Waals surface area contributed by atoms with Crippen LogP contribution in [0.1, 0.15) is 17.3 Å². The molecule has 0 unspecified atom stereocenters. The van der Waals surface area contributed by atoms with E-state index in [1.807, 2.05) is 37.3 Å². The number of piperazine rings is 1. The van der Waals surface area contributed by atoms with Crippen LogP contribution in [0.4, 0.5) is 0 Å². The standard InChI is InChI=1S/C18H26N4O3/c1-15-19-18(25-20-15)12-22-9-7-21(8-10-22)11-17(23)14-24-13-16-5-3-2-4-6-16/h2-6,17,23H,7-14H2,1H3/t17-/m0/s1. The van der Waals surface area contributed by atoms with E-state index in [1.54, 1.807) is 0 Å². The average Bonchev–Trinajstić information content (AvgIpc) is 3.02. The number of benzene rings is 1. The first-order valence-electron chi connectivity index (χ1n) is 8.72. The fourth-order valence-electron chi connectivity index (χ4n) is 2.96. The molecular weight excluding hydrogens is 320 g/mol. The second-order valence-corrected chi connectivity index (χ2v) is 6.47. The molecule has 1 fully saturated rings. The van der Waals surface area contributed by atoms with Gasteiger partial charge in [-0.3, -0.25) is 9.80 Å². The van der Waals surface area contributed by atoms with Gasteiger partial charge in [-0.15, -0.1) is 0 Å². The molecule has 1 atom stereocenters. The molecule has 3 rings (SSSR count). The summed E-state index contributed by atoms with van der Waals surface area (Å²) in [5.41, 5.74) is 1.12. The number of nitrogens with zero attached hydrogens (tertiary/aromatic N) is 4. The maximum absolute atomic E-state index is 10.2. The van der Waals surface area contributed by atoms with Gasteiger partial charge in [-0.05, 0) is 12.5 Å². The number of rotatable bonds is 8. The quantitative estimate of drug-likeness (QED) is 0.766. The van der Waals surface area contributed by atoms with Crippen LogP contribution in [0.3, 0.4) is 0 Å². The highest BCUT2D eigenvalue weighted by Gasteiger charge is 2.20. The first kappa shape index (κ1) is 18.0. The molecule has 0 amide bonds. The molecule has 7 heteroatoms. The molecule has 2 aromatic rings. The van der Waals surface area contributed by atoms with Crippen molar-refractivity contribution >= 4 is 0 Å². The molecule has 0 saturated carbocycles. The van der Waals surface area contributed by atoms with Gasteiger partial charge in [-0.25, -0.2) is 0 Å². The van der Waals surface area contributed by atoms with E-state index < -0.39 is 6.10 Å². The van der Waals surface area contributed by atoms with Crippen LogP contribution in [-0.4, -0.2) is 70.5 Å². The van der Waals surface area contributed by atoms with Crippen molar-refractivity contribution < 1.29 is 14.4 Å². The fourth-order valence-corrected chi connectivity index (χ4v) is 2.96. The lowest BCUT2D eigenvalue weighted by atomic mass is 10.2. The van der Waals surface area contributed by atoms with Gasteiger partial charge in [0.05, 0.1) is 25.9 Å². The Morgan fingerprint density at radius 3 is 2.56 bits per heavy atom. The van der Waals surface area contributed by atoms with Gasteiger partial charge >= 0.3 is 0 Å². The van der Waals surface area contributed by atoms with Crippen molar-refractivity contribution in [1.82, 2.24) is 19.9 Å². The van der Waals surface area contributed by atoms with Crippen LogP contribution in [0.2, 0.25) is 0 Å². The van der Waals surface area contributed by atoms with Gasteiger partial charge in [-0.1, -0.05) is 35.5 Å². The van der Waals surface area contributed by atoms with Crippen molar-refractivity contribution in [3.8, 4) is 0 Å². The minimum atomic E-state index is -0.464. The molecule has 2 heterocycles. The van der Waals surface area contributed by atoms with E-state index in [-0.39, 0.29) is 0 Å². The lowest BCUT2D eigenvalue weighted by Crippen LogP contribution is -2.48. The normalized spacial score (nSPS) is 17.7. The number of hydrogen-bond acceptors (Lipinski definition) is 7. The molecule has 0 aliphatic carbocycles. The predicted octanol–water partition coefficient (Wildman–Crippen LogP) is 1.07. The van der Waals surface area contributed by atoms with Gasteiger partial charge in [-0.2, -0.15) is 4.98 Å². The van der Waals surface area contributed by atoms with E-state index in [0.717, 1.165) is 31.7 Å². The maximum Gasteiger partial charge on any atom is 0.240 e. The Balaban J connectivity index is 1.31. The summed E-state index contributed by atoms with van der Waals surface area (Å²) in [6, 6.07) is 10.0. The summed E-state index contributed by atoms with van der Waals surface area (Å²) in [6.45, 7) is 7.75. The van der Waals surface area contributed by atoms with Gasteiger partial charge in [0.25, 0.3) is 0 Å². The number of ether oxygens (including phenoxy) is 1. The molecule has 0 radical (unpaired) electrons. The highest BCUT2D eigenvalue weighted by molar-refractivity contribution is 5.13. The monoisotopic (exact) mass is 346 g/mol. The van der Waals surface area contributed by atoms with Crippen molar-refractivity contribution in [2.24, 2.45) is 0 Å². The topological polar surface area (TPSA) is 74.9 Å². The number of β-amino-alcohol motifs (C(OH)–C–C–N with tert-alkyl or cyclic N) is 1. The summed E-state index contributed by atoms with van der Waals surface area (Å²) in [7, 11) is 0. The van der Waals surface area contributed by atoms with E-state index in [2.05, 4.69) is 19.9 Å². The molecule has 1 aromatic carbocycles. The van der Waals surface area contributed by atoms with E-state index in [1.165, 1.54) is 0 Å². The summed E-state index contributed by atoms with van der Waals surface area (Å²) < 4.78 is 10.8. The third kappa shape index (κ3) is 5.89. The van der Waals surface area contributed by atoms with Gasteiger partial charge in [0.1, 0.15) is 0 Å². The average molecular weight is 346 g/mol. The molecular formula is C18H26N4O3. The Morgan fingerprint density at radius 2 is 1.88 bits per heavy atom. The van der Waals surface area contributed by atoms with E-state index in [0.29, 0.717) is 38.0 Å². The third-order valence-corrected chi connectivity index (χ3v) is 4.28. The van der Waals surface area contributed by atoms with Crippen molar-refractivity contribution in [1.29, 1.82) is 0 Å². The highest BCUT2D eigenvalue weighted by Crippen LogP contribution is 2.08. The number of aryl methyl sites for hydroxylation is 1. The molecule has 0 bridgehead atoms. The Labute approximate surface area is 148 Å². The Kier molecular flexibility index (Phi) is 6.52. The number of aliphatic hydroxyl groups is 1. The lowest BCUT2D eigenvalue weighted by Gasteiger charge is -2.34. The SMILES string of the molecule is Cc1noc(CN2CCN(C[C@H](O)COCc3ccccc3)CC2)n1. The molecule has 1 N–H and O–H groups in total. The minimum Gasteiger partial charge on any atom is -0.389 e. The fraction of sp³-hybridized carbons (Fsp3) is 0.556. The van der Waals surface area contributed by atoms with Crippen LogP contribution in [0, 0.1) is 6.92 Å². The molecule has 7 nitrogen and oxygen atoms in total. The lowest BCUT2D eigenvalue weighted by molar-refractivity contribution is 0.000262. The molecule has 1 aliphatic heterocycles. The van der Waals surface area contributed by atoms with E-state index >= 15 is 0 Å². The van der Waals surface area contributed by atoms with Gasteiger partial charge in [0.15, 0.2) is 5.82 Å². The molecule has 136 valence electrons. The van der Waals surface area contributed by atoms with Crippen molar-refractivity contribution in [3.05, 3.63) is 47.6 Å². The summed E-state index contributed by atoms with van der Waals surface area (Å²) in [5.74, 6) is 1.34. The molecule has 1 aromatic heterocycles. The van der Waals surface area contributed by atoms with Crippen molar-refractivity contribution in [3.63, 3.8) is 0 Å². The van der Waals surface area contributed by atoms with Crippen LogP contribution in [0.25, 0.3) is 0 Å². The molecule has 1 saturated heterocycles. The zero-order valence-corrected chi connectivity index (χ0v) is 14.7. The Hall–Kier alpha value is -1.80. The van der Waals surface area contributed by atoms with Crippen molar-refractivity contribution in [2.45, 2.75) is 26.2 Å². The predicted molar refractivity (Wildman–Crippen MR) is 92.9 cm³/mol. The smallest absolute Gasteiger partial charge is 0.240 e. The molecule has 25 heavy (non-hydrogen) atoms. The minimum absolute atomic E-state index is 0.358. The Morgan fingerprint density at radius 1 is 1.16 bits per heavy atom. The number of aromatic nitrogens is 2. The summed E-state index contributed by atoms with van der Waals surface area (Å²) in [6.07, 6.45) is -0.464. The van der Waals surface area contributed by atoms with Crippen LogP contribution in [-0.2, 0) is 17.9 Å². The van der Waals surface area contributed by atoms with Gasteiger partial charge in [0.2, 0.25) is 5.89 Å². The first-order chi connectivity index (χ1) is 12.2. The largest absolute Gasteiger partial charge is 0.389 e. The second-order valence-electron chi connectivity index (χ2n) is 6.47. The van der Waals surface area contributed by atoms with Crippen LogP contribution >= 0.6 is 0 Å². The van der Waals surface area contributed by atoms with E-state index in [4.69, 9.17) is 9.26 Å². The van der Waals surface area contributed by atoms with Crippen molar-refractivity contribution in [2.75, 3.05) is 39.3 Å². The van der Waals surface area contributed by atoms with Crippen LogP contribution in [0.5, 0.6) is 0 Å². The van der Waals surface area contributed by atoms with Gasteiger partial charge in [0, 0.05) is 32.7 Å². The zero-order chi connectivity index (χ0) is 17.5. The number of hydrogen-bond donors (Lipinski definition) is 1. The summed E-state index contributed by atoms with van der Waals surface area (Å²) in [4.78, 5) is 8.80. The summed E-state index contributed by atoms with van der Waals surface area (Å²) in [5, 5.41) is 14.0. The maximum atomic E-state index is 10.2. The zero-order valence-electron chi connectivity index (χ0n) is 14.7. The Bertz CT molecular complexity index is 626. The van der Waals surface area contributed by atoms with E-state index in [9.17, 15) is 5.11 Å². The third-order valence-electron chi connectivity index (χ3n) is 4.28. The molecule has 1 aliphatic rings.